The van der Waals surface area contributed by atoms with Gasteiger partial charge in [0.25, 0.3) is 5.91 Å². The number of hydrogen-bond donors (Lipinski definition) is 3. The van der Waals surface area contributed by atoms with E-state index in [1.807, 2.05) is 13.0 Å². The van der Waals surface area contributed by atoms with Gasteiger partial charge in [-0.25, -0.2) is 14.6 Å². The van der Waals surface area contributed by atoms with Crippen molar-refractivity contribution in [3.8, 4) is 0 Å². The third-order valence-electron chi connectivity index (χ3n) is 5.70. The minimum Gasteiger partial charge on any atom is -0.465 e. The summed E-state index contributed by atoms with van der Waals surface area (Å²) in [5.74, 6) is -0.350. The number of rotatable bonds is 3. The number of aromatic nitrogens is 2. The van der Waals surface area contributed by atoms with Crippen molar-refractivity contribution >= 4 is 56.6 Å². The van der Waals surface area contributed by atoms with Crippen LogP contribution in [0.1, 0.15) is 28.2 Å². The number of piperidine rings is 1. The van der Waals surface area contributed by atoms with E-state index in [-0.39, 0.29) is 24.5 Å². The van der Waals surface area contributed by atoms with Crippen LogP contribution in [-0.2, 0) is 0 Å². The summed E-state index contributed by atoms with van der Waals surface area (Å²) in [6.45, 7) is 2.53. The summed E-state index contributed by atoms with van der Waals surface area (Å²) >= 11 is 1.20. The second-order valence-electron chi connectivity index (χ2n) is 7.73. The minimum atomic E-state index is -0.993. The Morgan fingerprint density at radius 3 is 2.88 bits per heavy atom. The second-order valence-corrected chi connectivity index (χ2v) is 8.73. The van der Waals surface area contributed by atoms with Crippen LogP contribution in [0, 0.1) is 6.92 Å². The number of nitrogens with zero attached hydrogens (tertiary/aromatic N) is 4. The number of pyridine rings is 2. The molecular weight excluding hydrogens is 432 g/mol. The van der Waals surface area contributed by atoms with Gasteiger partial charge in [-0.3, -0.25) is 14.7 Å². The number of urea groups is 1. The highest BCUT2D eigenvalue weighted by molar-refractivity contribution is 7.21. The monoisotopic (exact) mass is 452 g/mol. The van der Waals surface area contributed by atoms with Crippen LogP contribution < -0.4 is 15.5 Å². The van der Waals surface area contributed by atoms with Gasteiger partial charge in [0.2, 0.25) is 0 Å². The Hall–Kier alpha value is -3.73. The molecule has 3 N–H and O–H groups in total. The molecule has 2 aliphatic rings. The first-order valence-electron chi connectivity index (χ1n) is 10.2. The fourth-order valence-electron chi connectivity index (χ4n) is 4.22. The summed E-state index contributed by atoms with van der Waals surface area (Å²) in [6, 6.07) is 4.66. The first-order chi connectivity index (χ1) is 15.4. The summed E-state index contributed by atoms with van der Waals surface area (Å²) in [5.41, 5.74) is 2.41. The maximum absolute atomic E-state index is 13.1. The van der Waals surface area contributed by atoms with Gasteiger partial charge in [0.1, 0.15) is 9.71 Å². The van der Waals surface area contributed by atoms with Crippen LogP contribution in [0.4, 0.5) is 26.7 Å². The number of amides is 4. The lowest BCUT2D eigenvalue weighted by Crippen LogP contribution is -2.49. The zero-order chi connectivity index (χ0) is 22.4. The highest BCUT2D eigenvalue weighted by atomic mass is 32.1. The van der Waals surface area contributed by atoms with Crippen LogP contribution in [0.25, 0.3) is 10.2 Å². The third-order valence-corrected chi connectivity index (χ3v) is 6.80. The van der Waals surface area contributed by atoms with E-state index >= 15 is 0 Å². The highest BCUT2D eigenvalue weighted by Crippen LogP contribution is 2.45. The van der Waals surface area contributed by atoms with Crippen molar-refractivity contribution in [1.29, 1.82) is 0 Å². The van der Waals surface area contributed by atoms with Gasteiger partial charge in [0, 0.05) is 31.5 Å². The number of thiophene rings is 1. The van der Waals surface area contributed by atoms with E-state index in [9.17, 15) is 19.5 Å². The Kier molecular flexibility index (Phi) is 4.89. The van der Waals surface area contributed by atoms with E-state index in [1.165, 1.54) is 16.2 Å². The number of nitrogens with one attached hydrogen (secondary N) is 2. The van der Waals surface area contributed by atoms with Crippen molar-refractivity contribution in [2.24, 2.45) is 0 Å². The normalized spacial score (nSPS) is 17.9. The second kappa shape index (κ2) is 7.75. The molecule has 0 aromatic carbocycles. The van der Waals surface area contributed by atoms with Gasteiger partial charge in [-0.1, -0.05) is 0 Å². The molecule has 10 nitrogen and oxygen atoms in total. The Morgan fingerprint density at radius 2 is 2.09 bits per heavy atom. The van der Waals surface area contributed by atoms with Crippen molar-refractivity contribution in [3.63, 3.8) is 0 Å². The van der Waals surface area contributed by atoms with Gasteiger partial charge in [0.15, 0.2) is 0 Å². The van der Waals surface area contributed by atoms with Gasteiger partial charge in [-0.15, -0.1) is 11.3 Å². The number of likely N-dealkylation sites (tertiary alicyclic amines) is 1. The van der Waals surface area contributed by atoms with Crippen molar-refractivity contribution in [1.82, 2.24) is 20.2 Å². The minimum absolute atomic E-state index is 0.241. The molecule has 0 radical (unpaired) electrons. The molecule has 5 heterocycles. The first-order valence-corrected chi connectivity index (χ1v) is 11.0. The van der Waals surface area contributed by atoms with Crippen LogP contribution in [0.5, 0.6) is 0 Å². The summed E-state index contributed by atoms with van der Waals surface area (Å²) in [6.07, 6.45) is 3.66. The van der Waals surface area contributed by atoms with Crippen molar-refractivity contribution in [3.05, 3.63) is 41.2 Å². The van der Waals surface area contributed by atoms with E-state index in [2.05, 4.69) is 20.6 Å². The number of carbonyl (C=O) groups excluding carboxylic acids is 2. The summed E-state index contributed by atoms with van der Waals surface area (Å²) in [5, 5.41) is 15.7. The molecule has 4 amide bonds. The van der Waals surface area contributed by atoms with E-state index in [1.54, 1.807) is 29.4 Å². The number of carbonyl (C=O) groups is 3. The zero-order valence-electron chi connectivity index (χ0n) is 17.2. The standard InChI is InChI=1S/C21H20N6O4S/c1-11-13(5-2-7-22-11)27-14-6-8-23-19-15(14)16(25-20(27)29)17(32-19)18(28)24-12-4-3-9-26(10-12)21(30)31/h2,5-8,12H,3-4,9-10H2,1H3,(H,24,28)(H,25,29)(H,30,31). The SMILES string of the molecule is Cc1ncccc1N1C(=O)Nc2c(C(=O)NC3CCCN(C(=O)O)C3)sc3nccc1c23. The van der Waals surface area contributed by atoms with E-state index in [4.69, 9.17) is 0 Å². The molecule has 0 aliphatic carbocycles. The van der Waals surface area contributed by atoms with Crippen LogP contribution in [0.15, 0.2) is 30.6 Å². The maximum atomic E-state index is 13.1. The zero-order valence-corrected chi connectivity index (χ0v) is 18.0. The lowest BCUT2D eigenvalue weighted by molar-refractivity contribution is 0.0893. The molecule has 0 saturated carbocycles. The molecule has 1 unspecified atom stereocenters. The molecule has 0 spiro atoms. The average Bonchev–Trinajstić information content (AvgIpc) is 3.15. The summed E-state index contributed by atoms with van der Waals surface area (Å²) < 4.78 is 0. The molecule has 1 fully saturated rings. The number of carboxylic acid groups (broad SMARTS) is 1. The highest BCUT2D eigenvalue weighted by Gasteiger charge is 2.34. The van der Waals surface area contributed by atoms with E-state index in [0.29, 0.717) is 57.2 Å². The third kappa shape index (κ3) is 3.30. The predicted octanol–water partition coefficient (Wildman–Crippen LogP) is 3.56. The quantitative estimate of drug-likeness (QED) is 0.558. The number of hydrogen-bond acceptors (Lipinski definition) is 6. The van der Waals surface area contributed by atoms with E-state index < -0.39 is 6.09 Å². The number of anilines is 3. The predicted molar refractivity (Wildman–Crippen MR) is 120 cm³/mol. The maximum Gasteiger partial charge on any atom is 0.407 e. The Labute approximate surface area is 186 Å². The van der Waals surface area contributed by atoms with Crippen LogP contribution >= 0.6 is 11.3 Å². The topological polar surface area (TPSA) is 128 Å². The Morgan fingerprint density at radius 1 is 1.25 bits per heavy atom. The molecule has 2 aliphatic heterocycles. The van der Waals surface area contributed by atoms with Gasteiger partial charge in [-0.05, 0) is 38.0 Å². The van der Waals surface area contributed by atoms with Crippen molar-refractivity contribution in [2.45, 2.75) is 25.8 Å². The van der Waals surface area contributed by atoms with Gasteiger partial charge >= 0.3 is 12.1 Å². The van der Waals surface area contributed by atoms with Gasteiger partial charge in [-0.2, -0.15) is 0 Å². The number of aryl methyl sites for hydroxylation is 1. The lowest BCUT2D eigenvalue weighted by Gasteiger charge is -2.31. The first kappa shape index (κ1) is 20.2. The summed E-state index contributed by atoms with van der Waals surface area (Å²) in [7, 11) is 0. The lowest BCUT2D eigenvalue weighted by atomic mass is 10.1. The molecule has 1 atom stereocenters. The van der Waals surface area contributed by atoms with Crippen LogP contribution in [-0.4, -0.2) is 57.1 Å². The Bertz CT molecular complexity index is 1260. The fraction of sp³-hybridized carbons (Fsp3) is 0.286. The molecule has 1 saturated heterocycles. The van der Waals surface area contributed by atoms with Crippen LogP contribution in [0.3, 0.4) is 0 Å². The van der Waals surface area contributed by atoms with Gasteiger partial charge < -0.3 is 20.6 Å². The molecule has 5 rings (SSSR count). The molecule has 3 aromatic rings. The molecule has 32 heavy (non-hydrogen) atoms. The van der Waals surface area contributed by atoms with Crippen molar-refractivity contribution in [2.75, 3.05) is 23.3 Å². The molecule has 0 bridgehead atoms. The molecule has 3 aromatic heterocycles. The van der Waals surface area contributed by atoms with E-state index in [0.717, 1.165) is 0 Å². The Balaban J connectivity index is 1.51. The molecular formula is C21H20N6O4S. The molecule has 11 heteroatoms. The van der Waals surface area contributed by atoms with Crippen molar-refractivity contribution < 1.29 is 19.5 Å². The smallest absolute Gasteiger partial charge is 0.407 e. The fourth-order valence-corrected chi connectivity index (χ4v) is 5.24. The summed E-state index contributed by atoms with van der Waals surface area (Å²) in [4.78, 5) is 50.0. The van der Waals surface area contributed by atoms with Crippen LogP contribution in [0.2, 0.25) is 0 Å². The van der Waals surface area contributed by atoms with Gasteiger partial charge in [0.05, 0.1) is 28.1 Å². The average molecular weight is 452 g/mol. The largest absolute Gasteiger partial charge is 0.465 e. The molecule has 164 valence electrons.